The molecule has 3 rings (SSSR count). The number of benzene rings is 1. The molecule has 1 unspecified atom stereocenters. The number of anilines is 1. The lowest BCUT2D eigenvalue weighted by Gasteiger charge is -2.04. The summed E-state index contributed by atoms with van der Waals surface area (Å²) in [4.78, 5) is 7.54. The van der Waals surface area contributed by atoms with Gasteiger partial charge < -0.3 is 15.5 Å². The van der Waals surface area contributed by atoms with Crippen molar-refractivity contribution in [1.82, 2.24) is 9.97 Å². The summed E-state index contributed by atoms with van der Waals surface area (Å²) in [5.74, 6) is 0.275. The first-order valence-corrected chi connectivity index (χ1v) is 5.41. The van der Waals surface area contributed by atoms with Crippen LogP contribution in [0.4, 0.5) is 10.1 Å². The van der Waals surface area contributed by atoms with Crippen LogP contribution in [0.2, 0.25) is 0 Å². The molecule has 0 amide bonds. The van der Waals surface area contributed by atoms with E-state index in [-0.39, 0.29) is 11.9 Å². The standard InChI is InChI=1S/C12H12FN3O/c1-6-11-10(5-17-6)15-12(16-11)8-4-7(13)2-3-9(8)14/h2-4,6H,5,14H2,1H3,(H,15,16). The molecule has 2 heterocycles. The lowest BCUT2D eigenvalue weighted by atomic mass is 10.1. The second-order valence-electron chi connectivity index (χ2n) is 4.13. The molecule has 1 aliphatic rings. The average Bonchev–Trinajstić information content (AvgIpc) is 2.85. The SMILES string of the molecule is CC1OCc2[nH]c(-c3cc(F)ccc3N)nc21. The van der Waals surface area contributed by atoms with Gasteiger partial charge in [0.05, 0.1) is 24.1 Å². The fourth-order valence-electron chi connectivity index (χ4n) is 2.02. The first-order valence-electron chi connectivity index (χ1n) is 5.41. The molecule has 1 aliphatic heterocycles. The fourth-order valence-corrected chi connectivity index (χ4v) is 2.02. The molecule has 3 N–H and O–H groups in total. The third-order valence-electron chi connectivity index (χ3n) is 2.94. The van der Waals surface area contributed by atoms with Gasteiger partial charge in [0.15, 0.2) is 0 Å². The fraction of sp³-hybridized carbons (Fsp3) is 0.250. The number of rotatable bonds is 1. The second-order valence-corrected chi connectivity index (χ2v) is 4.13. The summed E-state index contributed by atoms with van der Waals surface area (Å²) in [6.07, 6.45) is -0.0233. The normalized spacial score (nSPS) is 18.4. The molecule has 5 heteroatoms. The zero-order valence-electron chi connectivity index (χ0n) is 9.33. The number of imidazole rings is 1. The van der Waals surface area contributed by atoms with Crippen molar-refractivity contribution in [1.29, 1.82) is 0 Å². The lowest BCUT2D eigenvalue weighted by molar-refractivity contribution is 0.0762. The van der Waals surface area contributed by atoms with E-state index in [1.807, 2.05) is 6.92 Å². The monoisotopic (exact) mass is 233 g/mol. The number of hydrogen-bond donors (Lipinski definition) is 2. The minimum atomic E-state index is -0.324. The molecule has 0 bridgehead atoms. The average molecular weight is 233 g/mol. The Kier molecular flexibility index (Phi) is 2.16. The highest BCUT2D eigenvalue weighted by Crippen LogP contribution is 2.32. The Morgan fingerprint density at radius 2 is 2.35 bits per heavy atom. The Hall–Kier alpha value is -1.88. The van der Waals surface area contributed by atoms with E-state index < -0.39 is 0 Å². The second kappa shape index (κ2) is 3.56. The van der Waals surface area contributed by atoms with E-state index in [0.717, 1.165) is 11.4 Å². The minimum Gasteiger partial charge on any atom is -0.398 e. The van der Waals surface area contributed by atoms with E-state index in [1.54, 1.807) is 0 Å². The molecule has 2 aromatic rings. The number of ether oxygens (including phenoxy) is 1. The summed E-state index contributed by atoms with van der Waals surface area (Å²) in [5, 5.41) is 0. The van der Waals surface area contributed by atoms with Crippen molar-refractivity contribution in [2.45, 2.75) is 19.6 Å². The maximum absolute atomic E-state index is 13.2. The molecule has 0 spiro atoms. The molecule has 88 valence electrons. The van der Waals surface area contributed by atoms with E-state index >= 15 is 0 Å². The maximum atomic E-state index is 13.2. The Bertz CT molecular complexity index is 579. The van der Waals surface area contributed by atoms with Gasteiger partial charge in [-0.2, -0.15) is 0 Å². The number of H-pyrrole nitrogens is 1. The number of nitrogens with two attached hydrogens (primary N) is 1. The number of nitrogens with zero attached hydrogens (tertiary/aromatic N) is 1. The molecule has 1 atom stereocenters. The molecular weight excluding hydrogens is 221 g/mol. The summed E-state index contributed by atoms with van der Waals surface area (Å²) in [6, 6.07) is 4.26. The maximum Gasteiger partial charge on any atom is 0.140 e. The summed E-state index contributed by atoms with van der Waals surface area (Å²) < 4.78 is 18.6. The van der Waals surface area contributed by atoms with E-state index in [4.69, 9.17) is 10.5 Å². The van der Waals surface area contributed by atoms with Crippen LogP contribution < -0.4 is 5.73 Å². The summed E-state index contributed by atoms with van der Waals surface area (Å²) >= 11 is 0. The van der Waals surface area contributed by atoms with E-state index in [1.165, 1.54) is 18.2 Å². The Morgan fingerprint density at radius 1 is 1.53 bits per heavy atom. The van der Waals surface area contributed by atoms with Gasteiger partial charge in [-0.1, -0.05) is 0 Å². The quantitative estimate of drug-likeness (QED) is 0.743. The first-order chi connectivity index (χ1) is 8.15. The van der Waals surface area contributed by atoms with Crippen molar-refractivity contribution in [3.63, 3.8) is 0 Å². The molecule has 1 aromatic heterocycles. The zero-order chi connectivity index (χ0) is 12.0. The van der Waals surface area contributed by atoms with Crippen LogP contribution in [-0.2, 0) is 11.3 Å². The van der Waals surface area contributed by atoms with Crippen LogP contribution >= 0.6 is 0 Å². The van der Waals surface area contributed by atoms with Gasteiger partial charge in [-0.25, -0.2) is 9.37 Å². The zero-order valence-corrected chi connectivity index (χ0v) is 9.33. The first kappa shape index (κ1) is 10.3. The smallest absolute Gasteiger partial charge is 0.140 e. The predicted octanol–water partition coefficient (Wildman–Crippen LogP) is 2.39. The number of aromatic nitrogens is 2. The minimum absolute atomic E-state index is 0.0233. The summed E-state index contributed by atoms with van der Waals surface area (Å²) in [5.41, 5.74) is 8.73. The molecule has 1 aromatic carbocycles. The third-order valence-corrected chi connectivity index (χ3v) is 2.94. The Morgan fingerprint density at radius 3 is 3.12 bits per heavy atom. The third kappa shape index (κ3) is 1.59. The van der Waals surface area contributed by atoms with Gasteiger partial charge >= 0.3 is 0 Å². The predicted molar refractivity (Wildman–Crippen MR) is 61.6 cm³/mol. The Labute approximate surface area is 97.6 Å². The Balaban J connectivity index is 2.10. The van der Waals surface area contributed by atoms with Crippen LogP contribution in [0.25, 0.3) is 11.4 Å². The number of nitrogen functional groups attached to an aromatic ring is 1. The van der Waals surface area contributed by atoms with Crippen LogP contribution in [0.1, 0.15) is 24.4 Å². The van der Waals surface area contributed by atoms with Crippen molar-refractivity contribution in [3.05, 3.63) is 35.4 Å². The van der Waals surface area contributed by atoms with Crippen LogP contribution in [0.3, 0.4) is 0 Å². The van der Waals surface area contributed by atoms with E-state index in [2.05, 4.69) is 9.97 Å². The van der Waals surface area contributed by atoms with Gasteiger partial charge in [-0.05, 0) is 25.1 Å². The van der Waals surface area contributed by atoms with Crippen molar-refractivity contribution in [2.75, 3.05) is 5.73 Å². The van der Waals surface area contributed by atoms with Gasteiger partial charge in [-0.3, -0.25) is 0 Å². The molecule has 4 nitrogen and oxygen atoms in total. The molecule has 0 saturated carbocycles. The van der Waals surface area contributed by atoms with Gasteiger partial charge in [0.1, 0.15) is 11.6 Å². The highest BCUT2D eigenvalue weighted by atomic mass is 19.1. The molecule has 0 saturated heterocycles. The highest BCUT2D eigenvalue weighted by molar-refractivity contribution is 5.71. The van der Waals surface area contributed by atoms with Crippen LogP contribution in [0.5, 0.6) is 0 Å². The molecular formula is C12H12FN3O. The number of aromatic amines is 1. The topological polar surface area (TPSA) is 63.9 Å². The van der Waals surface area contributed by atoms with Crippen molar-refractivity contribution in [3.8, 4) is 11.4 Å². The number of fused-ring (bicyclic) bond motifs is 1. The van der Waals surface area contributed by atoms with Crippen molar-refractivity contribution >= 4 is 5.69 Å². The van der Waals surface area contributed by atoms with Crippen LogP contribution in [-0.4, -0.2) is 9.97 Å². The van der Waals surface area contributed by atoms with Crippen LogP contribution in [0, 0.1) is 5.82 Å². The molecule has 0 radical (unpaired) electrons. The largest absolute Gasteiger partial charge is 0.398 e. The lowest BCUT2D eigenvalue weighted by Crippen LogP contribution is -1.95. The number of nitrogens with one attached hydrogen (secondary N) is 1. The van der Waals surface area contributed by atoms with Crippen molar-refractivity contribution in [2.24, 2.45) is 0 Å². The van der Waals surface area contributed by atoms with Gasteiger partial charge in [0, 0.05) is 11.3 Å². The van der Waals surface area contributed by atoms with Gasteiger partial charge in [0.25, 0.3) is 0 Å². The van der Waals surface area contributed by atoms with Gasteiger partial charge in [-0.15, -0.1) is 0 Å². The molecule has 0 aliphatic carbocycles. The van der Waals surface area contributed by atoms with Crippen molar-refractivity contribution < 1.29 is 9.13 Å². The highest BCUT2D eigenvalue weighted by Gasteiger charge is 2.24. The van der Waals surface area contributed by atoms with Gasteiger partial charge in [0.2, 0.25) is 0 Å². The van der Waals surface area contributed by atoms with E-state index in [9.17, 15) is 4.39 Å². The number of hydrogen-bond acceptors (Lipinski definition) is 3. The summed E-state index contributed by atoms with van der Waals surface area (Å²) in [6.45, 7) is 2.45. The van der Waals surface area contributed by atoms with E-state index in [0.29, 0.717) is 23.7 Å². The van der Waals surface area contributed by atoms with Crippen LogP contribution in [0.15, 0.2) is 18.2 Å². The summed E-state index contributed by atoms with van der Waals surface area (Å²) in [7, 11) is 0. The number of halogens is 1. The molecule has 17 heavy (non-hydrogen) atoms. The molecule has 0 fully saturated rings.